The molecule has 7 heteroatoms. The van der Waals surface area contributed by atoms with Crippen LogP contribution in [0.2, 0.25) is 0 Å². The second-order valence-electron chi connectivity index (χ2n) is 5.73. The van der Waals surface area contributed by atoms with Crippen molar-refractivity contribution in [1.29, 1.82) is 0 Å². The van der Waals surface area contributed by atoms with Crippen LogP contribution in [0.25, 0.3) is 22.0 Å². The zero-order valence-corrected chi connectivity index (χ0v) is 15.0. The maximum Gasteiger partial charge on any atom is 0.262 e. The number of nitrogens with zero attached hydrogens (tertiary/aromatic N) is 3. The molecular weight excluding hydrogens is 350 g/mol. The average molecular weight is 367 g/mol. The summed E-state index contributed by atoms with van der Waals surface area (Å²) in [4.78, 5) is 22.0. The predicted molar refractivity (Wildman–Crippen MR) is 101 cm³/mol. The maximum absolute atomic E-state index is 12.8. The molecule has 2 heterocycles. The summed E-state index contributed by atoms with van der Waals surface area (Å²) in [6.45, 7) is 0.888. The van der Waals surface area contributed by atoms with E-state index in [1.54, 1.807) is 17.7 Å². The van der Waals surface area contributed by atoms with E-state index in [0.717, 1.165) is 11.1 Å². The molecule has 0 N–H and O–H groups in total. The van der Waals surface area contributed by atoms with Crippen molar-refractivity contribution >= 4 is 33.8 Å². The first-order valence-electron chi connectivity index (χ1n) is 8.22. The molecule has 0 saturated heterocycles. The van der Waals surface area contributed by atoms with Gasteiger partial charge in [0, 0.05) is 7.11 Å². The van der Waals surface area contributed by atoms with Crippen molar-refractivity contribution < 1.29 is 9.15 Å². The number of benzene rings is 2. The normalized spacial score (nSPS) is 11.4. The van der Waals surface area contributed by atoms with Crippen LogP contribution in [-0.4, -0.2) is 28.3 Å². The standard InChI is InChI=1S/C19H17N3O3S/c1-24-11-10-22-18(23)13-6-2-3-7-14(13)21-19(22)26-12-17-20-15-8-4-5-9-16(15)25-17/h2-9H,10-12H2,1H3. The Balaban J connectivity index is 1.68. The first-order valence-corrected chi connectivity index (χ1v) is 9.20. The molecule has 2 aromatic heterocycles. The Labute approximate surface area is 153 Å². The van der Waals surface area contributed by atoms with Crippen LogP contribution < -0.4 is 5.56 Å². The van der Waals surface area contributed by atoms with E-state index in [0.29, 0.717) is 40.9 Å². The van der Waals surface area contributed by atoms with Gasteiger partial charge in [0.15, 0.2) is 10.7 Å². The fourth-order valence-corrected chi connectivity index (χ4v) is 3.61. The summed E-state index contributed by atoms with van der Waals surface area (Å²) in [6.07, 6.45) is 0. The number of oxazole rings is 1. The molecule has 4 aromatic rings. The lowest BCUT2D eigenvalue weighted by atomic mass is 10.2. The molecule has 0 spiro atoms. The van der Waals surface area contributed by atoms with Gasteiger partial charge in [0.1, 0.15) is 5.52 Å². The zero-order valence-electron chi connectivity index (χ0n) is 14.2. The third-order valence-electron chi connectivity index (χ3n) is 4.01. The third kappa shape index (κ3) is 3.23. The van der Waals surface area contributed by atoms with Crippen LogP contribution >= 0.6 is 11.8 Å². The van der Waals surface area contributed by atoms with Gasteiger partial charge in [0.2, 0.25) is 5.89 Å². The molecule has 0 saturated carbocycles. The summed E-state index contributed by atoms with van der Waals surface area (Å²) in [6, 6.07) is 15.0. The fraction of sp³-hybridized carbons (Fsp3) is 0.211. The number of methoxy groups -OCH3 is 1. The number of thioether (sulfide) groups is 1. The van der Waals surface area contributed by atoms with Crippen LogP contribution in [0.5, 0.6) is 0 Å². The van der Waals surface area contributed by atoms with E-state index in [2.05, 4.69) is 9.97 Å². The van der Waals surface area contributed by atoms with Crippen molar-refractivity contribution in [1.82, 2.24) is 14.5 Å². The molecule has 0 radical (unpaired) electrons. The van der Waals surface area contributed by atoms with E-state index >= 15 is 0 Å². The lowest BCUT2D eigenvalue weighted by Gasteiger charge is -2.12. The van der Waals surface area contributed by atoms with Crippen molar-refractivity contribution in [2.24, 2.45) is 0 Å². The summed E-state index contributed by atoms with van der Waals surface area (Å²) < 4.78 is 12.6. The number of para-hydroxylation sites is 3. The van der Waals surface area contributed by atoms with Gasteiger partial charge in [0.25, 0.3) is 5.56 Å². The van der Waals surface area contributed by atoms with Gasteiger partial charge in [-0.05, 0) is 24.3 Å². The molecule has 0 fully saturated rings. The van der Waals surface area contributed by atoms with Crippen LogP contribution in [0.3, 0.4) is 0 Å². The number of ether oxygens (including phenoxy) is 1. The van der Waals surface area contributed by atoms with E-state index in [1.165, 1.54) is 11.8 Å². The molecule has 26 heavy (non-hydrogen) atoms. The van der Waals surface area contributed by atoms with Gasteiger partial charge in [-0.3, -0.25) is 9.36 Å². The van der Waals surface area contributed by atoms with Gasteiger partial charge in [-0.1, -0.05) is 36.0 Å². The minimum absolute atomic E-state index is 0.0623. The molecule has 2 aromatic carbocycles. The van der Waals surface area contributed by atoms with Gasteiger partial charge in [-0.2, -0.15) is 0 Å². The summed E-state index contributed by atoms with van der Waals surface area (Å²) in [5.74, 6) is 1.10. The monoisotopic (exact) mass is 367 g/mol. The smallest absolute Gasteiger partial charge is 0.262 e. The molecule has 4 rings (SSSR count). The second-order valence-corrected chi connectivity index (χ2v) is 6.67. The zero-order chi connectivity index (χ0) is 17.9. The number of hydrogen-bond acceptors (Lipinski definition) is 6. The predicted octanol–water partition coefficient (Wildman–Crippen LogP) is 3.48. The number of aromatic nitrogens is 3. The topological polar surface area (TPSA) is 70.2 Å². The van der Waals surface area contributed by atoms with E-state index in [-0.39, 0.29) is 5.56 Å². The van der Waals surface area contributed by atoms with Crippen molar-refractivity contribution in [3.8, 4) is 0 Å². The molecule has 0 aliphatic carbocycles. The summed E-state index contributed by atoms with van der Waals surface area (Å²) in [5, 5.41) is 1.24. The minimum Gasteiger partial charge on any atom is -0.440 e. The van der Waals surface area contributed by atoms with E-state index in [9.17, 15) is 4.79 Å². The molecule has 132 valence electrons. The SMILES string of the molecule is COCCn1c(SCc2nc3ccccc3o2)nc2ccccc2c1=O. The molecule has 0 bridgehead atoms. The van der Waals surface area contributed by atoms with E-state index < -0.39 is 0 Å². The lowest BCUT2D eigenvalue weighted by molar-refractivity contribution is 0.183. The van der Waals surface area contributed by atoms with Gasteiger partial charge >= 0.3 is 0 Å². The van der Waals surface area contributed by atoms with Crippen LogP contribution in [0.4, 0.5) is 0 Å². The summed E-state index contributed by atoms with van der Waals surface area (Å²) in [7, 11) is 1.62. The molecular formula is C19H17N3O3S. The van der Waals surface area contributed by atoms with Crippen LogP contribution in [0.15, 0.2) is 62.9 Å². The quantitative estimate of drug-likeness (QED) is 0.384. The molecule has 6 nitrogen and oxygen atoms in total. The van der Waals surface area contributed by atoms with E-state index in [1.807, 2.05) is 42.5 Å². The molecule has 0 atom stereocenters. The maximum atomic E-state index is 12.8. The number of rotatable bonds is 6. The number of fused-ring (bicyclic) bond motifs is 2. The number of hydrogen-bond donors (Lipinski definition) is 0. The van der Waals surface area contributed by atoms with Gasteiger partial charge < -0.3 is 9.15 Å². The highest BCUT2D eigenvalue weighted by atomic mass is 32.2. The fourth-order valence-electron chi connectivity index (χ4n) is 2.75. The first-order chi connectivity index (χ1) is 12.8. The lowest BCUT2D eigenvalue weighted by Crippen LogP contribution is -2.25. The van der Waals surface area contributed by atoms with Crippen molar-refractivity contribution in [2.45, 2.75) is 17.5 Å². The van der Waals surface area contributed by atoms with Crippen molar-refractivity contribution in [3.05, 3.63) is 64.8 Å². The Hall–Kier alpha value is -2.64. The molecule has 0 aliphatic heterocycles. The third-order valence-corrected chi connectivity index (χ3v) is 4.97. The van der Waals surface area contributed by atoms with Gasteiger partial charge in [0.05, 0.1) is 29.8 Å². The summed E-state index contributed by atoms with van der Waals surface area (Å²) >= 11 is 1.43. The van der Waals surface area contributed by atoms with Crippen LogP contribution in [-0.2, 0) is 17.0 Å². The van der Waals surface area contributed by atoms with Crippen LogP contribution in [0, 0.1) is 0 Å². The Morgan fingerprint density at radius 2 is 1.85 bits per heavy atom. The Morgan fingerprint density at radius 1 is 1.08 bits per heavy atom. The van der Waals surface area contributed by atoms with E-state index in [4.69, 9.17) is 9.15 Å². The Bertz CT molecular complexity index is 1090. The van der Waals surface area contributed by atoms with Crippen molar-refractivity contribution in [2.75, 3.05) is 13.7 Å². The summed E-state index contributed by atoms with van der Waals surface area (Å²) in [5.41, 5.74) is 2.21. The average Bonchev–Trinajstić information content (AvgIpc) is 3.09. The van der Waals surface area contributed by atoms with Crippen molar-refractivity contribution in [3.63, 3.8) is 0 Å². The minimum atomic E-state index is -0.0623. The Kier molecular flexibility index (Phi) is 4.73. The van der Waals surface area contributed by atoms with Gasteiger partial charge in [-0.25, -0.2) is 9.97 Å². The Morgan fingerprint density at radius 3 is 2.65 bits per heavy atom. The molecule has 0 amide bonds. The second kappa shape index (κ2) is 7.31. The molecule has 0 unspecified atom stereocenters. The van der Waals surface area contributed by atoms with Crippen LogP contribution in [0.1, 0.15) is 5.89 Å². The van der Waals surface area contributed by atoms with Gasteiger partial charge in [-0.15, -0.1) is 0 Å². The highest BCUT2D eigenvalue weighted by molar-refractivity contribution is 7.98. The molecule has 0 aliphatic rings. The highest BCUT2D eigenvalue weighted by Crippen LogP contribution is 2.24. The first kappa shape index (κ1) is 16.8. The highest BCUT2D eigenvalue weighted by Gasteiger charge is 2.13. The largest absolute Gasteiger partial charge is 0.440 e.